The van der Waals surface area contributed by atoms with E-state index in [1.165, 1.54) is 6.08 Å². The van der Waals surface area contributed by atoms with Crippen molar-refractivity contribution >= 4 is 17.2 Å². The van der Waals surface area contributed by atoms with Crippen molar-refractivity contribution in [3.63, 3.8) is 0 Å². The number of allylic oxidation sites excluding steroid dienone is 1. The molecule has 2 rings (SSSR count). The lowest BCUT2D eigenvalue weighted by Gasteiger charge is -1.99. The molecule has 0 saturated carbocycles. The third-order valence-electron chi connectivity index (χ3n) is 2.02. The van der Waals surface area contributed by atoms with E-state index in [-0.39, 0.29) is 5.83 Å². The van der Waals surface area contributed by atoms with Crippen LogP contribution in [-0.4, -0.2) is 4.98 Å². The molecule has 1 aromatic carbocycles. The van der Waals surface area contributed by atoms with Gasteiger partial charge in [-0.05, 0) is 13.0 Å². The normalized spacial score (nSPS) is 11.7. The summed E-state index contributed by atoms with van der Waals surface area (Å²) in [5.41, 5.74) is 1.55. The predicted molar refractivity (Wildman–Crippen MR) is 62.0 cm³/mol. The SMILES string of the molecule is [CH2]/C=C(\F)c1ccc(-c2nccs2)cc1. The lowest BCUT2D eigenvalue weighted by atomic mass is 10.1. The van der Waals surface area contributed by atoms with Crippen molar-refractivity contribution in [2.75, 3.05) is 0 Å². The molecule has 75 valence electrons. The van der Waals surface area contributed by atoms with Crippen molar-refractivity contribution in [2.24, 2.45) is 0 Å². The molecule has 0 aliphatic rings. The Labute approximate surface area is 91.9 Å². The van der Waals surface area contributed by atoms with Gasteiger partial charge in [-0.25, -0.2) is 9.37 Å². The number of halogens is 1. The summed E-state index contributed by atoms with van der Waals surface area (Å²) in [6, 6.07) is 7.18. The second-order valence-electron chi connectivity index (χ2n) is 2.97. The Balaban J connectivity index is 2.33. The van der Waals surface area contributed by atoms with Crippen LogP contribution < -0.4 is 0 Å². The minimum Gasteiger partial charge on any atom is -0.245 e. The maximum absolute atomic E-state index is 13.1. The van der Waals surface area contributed by atoms with Gasteiger partial charge in [0.15, 0.2) is 0 Å². The first-order chi connectivity index (χ1) is 7.31. The number of nitrogens with zero attached hydrogens (tertiary/aromatic N) is 1. The zero-order valence-corrected chi connectivity index (χ0v) is 8.80. The van der Waals surface area contributed by atoms with Crippen molar-refractivity contribution in [1.82, 2.24) is 4.98 Å². The third kappa shape index (κ3) is 2.13. The largest absolute Gasteiger partial charge is 0.245 e. The number of hydrogen-bond acceptors (Lipinski definition) is 2. The summed E-state index contributed by atoms with van der Waals surface area (Å²) in [5, 5.41) is 2.86. The van der Waals surface area contributed by atoms with Gasteiger partial charge >= 0.3 is 0 Å². The molecule has 0 spiro atoms. The van der Waals surface area contributed by atoms with Gasteiger partial charge in [-0.3, -0.25) is 0 Å². The molecule has 0 aliphatic heterocycles. The second-order valence-corrected chi connectivity index (χ2v) is 3.86. The van der Waals surface area contributed by atoms with Crippen molar-refractivity contribution in [3.05, 3.63) is 54.4 Å². The Kier molecular flexibility index (Phi) is 2.92. The summed E-state index contributed by atoms with van der Waals surface area (Å²) in [4.78, 5) is 4.18. The van der Waals surface area contributed by atoms with Gasteiger partial charge in [-0.2, -0.15) is 0 Å². The molecular weight excluding hydrogens is 209 g/mol. The van der Waals surface area contributed by atoms with Crippen molar-refractivity contribution in [3.8, 4) is 10.6 Å². The molecule has 0 saturated heterocycles. The smallest absolute Gasteiger partial charge is 0.126 e. The van der Waals surface area contributed by atoms with Gasteiger partial charge in [0.2, 0.25) is 0 Å². The maximum atomic E-state index is 13.1. The highest BCUT2D eigenvalue weighted by Gasteiger charge is 2.02. The molecule has 0 N–H and O–H groups in total. The van der Waals surface area contributed by atoms with Crippen LogP contribution in [0.1, 0.15) is 5.56 Å². The molecule has 0 aliphatic carbocycles. The zero-order chi connectivity index (χ0) is 10.7. The molecule has 0 unspecified atom stereocenters. The molecule has 1 aromatic heterocycles. The molecular formula is C12H9FNS. The van der Waals surface area contributed by atoms with Gasteiger partial charge in [0.05, 0.1) is 0 Å². The first-order valence-electron chi connectivity index (χ1n) is 4.46. The van der Waals surface area contributed by atoms with Gasteiger partial charge in [0.25, 0.3) is 0 Å². The third-order valence-corrected chi connectivity index (χ3v) is 2.84. The van der Waals surface area contributed by atoms with E-state index < -0.39 is 0 Å². The molecule has 0 atom stereocenters. The molecule has 0 amide bonds. The summed E-state index contributed by atoms with van der Waals surface area (Å²) in [7, 11) is 0. The van der Waals surface area contributed by atoms with Crippen LogP contribution in [0, 0.1) is 6.92 Å². The lowest BCUT2D eigenvalue weighted by Crippen LogP contribution is -1.79. The van der Waals surface area contributed by atoms with E-state index in [1.807, 2.05) is 17.5 Å². The second kappa shape index (κ2) is 4.36. The summed E-state index contributed by atoms with van der Waals surface area (Å²) in [6.07, 6.45) is 2.96. The Bertz CT molecular complexity index is 457. The molecule has 1 nitrogen and oxygen atoms in total. The van der Waals surface area contributed by atoms with Crippen LogP contribution in [-0.2, 0) is 0 Å². The van der Waals surface area contributed by atoms with E-state index in [2.05, 4.69) is 11.9 Å². The lowest BCUT2D eigenvalue weighted by molar-refractivity contribution is 0.760. The number of hydrogen-bond donors (Lipinski definition) is 0. The van der Waals surface area contributed by atoms with Gasteiger partial charge in [-0.1, -0.05) is 24.3 Å². The molecule has 1 radical (unpaired) electrons. The highest BCUT2D eigenvalue weighted by molar-refractivity contribution is 7.13. The van der Waals surface area contributed by atoms with Crippen LogP contribution in [0.3, 0.4) is 0 Å². The van der Waals surface area contributed by atoms with Crippen LogP contribution in [0.4, 0.5) is 4.39 Å². The Morgan fingerprint density at radius 1 is 1.33 bits per heavy atom. The van der Waals surface area contributed by atoms with Crippen molar-refractivity contribution in [2.45, 2.75) is 0 Å². The van der Waals surface area contributed by atoms with E-state index in [1.54, 1.807) is 29.7 Å². The number of rotatable bonds is 2. The molecule has 15 heavy (non-hydrogen) atoms. The van der Waals surface area contributed by atoms with E-state index in [0.717, 1.165) is 10.6 Å². The van der Waals surface area contributed by atoms with E-state index in [9.17, 15) is 4.39 Å². The van der Waals surface area contributed by atoms with Gasteiger partial charge in [-0.15, -0.1) is 11.3 Å². The quantitative estimate of drug-likeness (QED) is 0.743. The maximum Gasteiger partial charge on any atom is 0.126 e. The fraction of sp³-hybridized carbons (Fsp3) is 0. The van der Waals surface area contributed by atoms with E-state index in [0.29, 0.717) is 5.56 Å². The summed E-state index contributed by atoms with van der Waals surface area (Å²) >= 11 is 1.56. The average molecular weight is 218 g/mol. The minimum atomic E-state index is -0.305. The van der Waals surface area contributed by atoms with Gasteiger partial charge in [0.1, 0.15) is 10.8 Å². The average Bonchev–Trinajstić information content (AvgIpc) is 2.82. The van der Waals surface area contributed by atoms with Crippen LogP contribution in [0.15, 0.2) is 41.9 Å². The fourth-order valence-corrected chi connectivity index (χ4v) is 1.90. The van der Waals surface area contributed by atoms with E-state index in [4.69, 9.17) is 0 Å². The summed E-state index contributed by atoms with van der Waals surface area (Å²) in [5.74, 6) is -0.305. The first-order valence-corrected chi connectivity index (χ1v) is 5.34. The summed E-state index contributed by atoms with van der Waals surface area (Å²) < 4.78 is 13.1. The van der Waals surface area contributed by atoms with Crippen LogP contribution in [0.25, 0.3) is 16.4 Å². The standard InChI is InChI=1S/C12H9FNS/c1-2-11(13)9-3-5-10(6-4-9)12-14-7-8-15-12/h2-8H,1H2/b11-2-. The van der Waals surface area contributed by atoms with E-state index >= 15 is 0 Å². The zero-order valence-electron chi connectivity index (χ0n) is 7.98. The highest BCUT2D eigenvalue weighted by atomic mass is 32.1. The number of benzene rings is 1. The molecule has 0 bridgehead atoms. The predicted octanol–water partition coefficient (Wildman–Crippen LogP) is 3.95. The molecule has 0 fully saturated rings. The minimum absolute atomic E-state index is 0.305. The van der Waals surface area contributed by atoms with Crippen molar-refractivity contribution < 1.29 is 4.39 Å². The van der Waals surface area contributed by atoms with Crippen LogP contribution in [0.2, 0.25) is 0 Å². The Morgan fingerprint density at radius 3 is 2.60 bits per heavy atom. The van der Waals surface area contributed by atoms with Crippen LogP contribution >= 0.6 is 11.3 Å². The monoisotopic (exact) mass is 218 g/mol. The Hall–Kier alpha value is -1.48. The highest BCUT2D eigenvalue weighted by Crippen LogP contribution is 2.24. The van der Waals surface area contributed by atoms with Crippen LogP contribution in [0.5, 0.6) is 0 Å². The fourth-order valence-electron chi connectivity index (χ4n) is 1.26. The Morgan fingerprint density at radius 2 is 2.07 bits per heavy atom. The summed E-state index contributed by atoms with van der Waals surface area (Å²) in [6.45, 7) is 3.39. The topological polar surface area (TPSA) is 12.9 Å². The number of aromatic nitrogens is 1. The molecule has 3 heteroatoms. The van der Waals surface area contributed by atoms with Crippen molar-refractivity contribution in [1.29, 1.82) is 0 Å². The number of thiazole rings is 1. The molecule has 1 heterocycles. The first kappa shape index (κ1) is 10.1. The van der Waals surface area contributed by atoms with Gasteiger partial charge in [0, 0.05) is 22.7 Å². The van der Waals surface area contributed by atoms with Gasteiger partial charge < -0.3 is 0 Å². The molecule has 2 aromatic rings.